The van der Waals surface area contributed by atoms with E-state index in [0.29, 0.717) is 10.7 Å². The Kier molecular flexibility index (Phi) is 5.41. The van der Waals surface area contributed by atoms with Crippen LogP contribution < -0.4 is 5.32 Å². The molecule has 1 rings (SSSR count). The highest BCUT2D eigenvalue weighted by molar-refractivity contribution is 9.09. The summed E-state index contributed by atoms with van der Waals surface area (Å²) in [7, 11) is 0. The Morgan fingerprint density at radius 1 is 1.11 bits per heavy atom. The molecule has 0 aromatic heterocycles. The molecule has 0 atom stereocenters. The van der Waals surface area contributed by atoms with Gasteiger partial charge in [-0.25, -0.2) is 0 Å². The van der Waals surface area contributed by atoms with Gasteiger partial charge in [-0.1, -0.05) is 62.2 Å². The van der Waals surface area contributed by atoms with Crippen molar-refractivity contribution in [2.75, 3.05) is 10.7 Å². The van der Waals surface area contributed by atoms with E-state index in [2.05, 4.69) is 37.2 Å². The molecule has 0 aliphatic carbocycles. The van der Waals surface area contributed by atoms with Crippen LogP contribution in [0, 0.1) is 0 Å². The van der Waals surface area contributed by atoms with Crippen molar-refractivity contribution in [3.05, 3.63) is 35.9 Å². The molecule has 100 valence electrons. The summed E-state index contributed by atoms with van der Waals surface area (Å²) in [5.41, 5.74) is 0.213. The number of nitrogens with one attached hydrogen (secondary N) is 1. The minimum atomic E-state index is -0.535. The fraction of sp³-hybridized carbons (Fsp3) is 0.500. The van der Waals surface area contributed by atoms with Gasteiger partial charge in [-0.05, 0) is 26.3 Å². The van der Waals surface area contributed by atoms with Gasteiger partial charge in [0.15, 0.2) is 0 Å². The number of hydrogen-bond donors (Lipinski definition) is 1. The van der Waals surface area contributed by atoms with E-state index in [-0.39, 0.29) is 11.4 Å². The number of halogens is 2. The van der Waals surface area contributed by atoms with E-state index >= 15 is 0 Å². The number of rotatable bonds is 5. The van der Waals surface area contributed by atoms with Crippen molar-refractivity contribution in [3.63, 3.8) is 0 Å². The third kappa shape index (κ3) is 3.58. The predicted molar refractivity (Wildman–Crippen MR) is 83.6 cm³/mol. The van der Waals surface area contributed by atoms with Gasteiger partial charge in [-0.2, -0.15) is 0 Å². The Hall–Kier alpha value is -0.350. The number of carbonyl (C=O) groups excluding carboxylic acids is 1. The molecule has 0 fully saturated rings. The average molecular weight is 377 g/mol. The molecule has 0 heterocycles. The monoisotopic (exact) mass is 375 g/mol. The number of amides is 1. The quantitative estimate of drug-likeness (QED) is 0.781. The second kappa shape index (κ2) is 6.20. The Morgan fingerprint density at radius 3 is 2.06 bits per heavy atom. The highest BCUT2D eigenvalue weighted by Gasteiger charge is 2.34. The molecule has 1 amide bonds. The lowest BCUT2D eigenvalue weighted by atomic mass is 9.83. The smallest absolute Gasteiger partial charge is 0.230 e. The molecule has 0 spiro atoms. The molecule has 1 aromatic carbocycles. The number of alkyl halides is 2. The molecule has 18 heavy (non-hydrogen) atoms. The summed E-state index contributed by atoms with van der Waals surface area (Å²) in [4.78, 5) is 12.4. The first-order valence-corrected chi connectivity index (χ1v) is 8.10. The third-order valence-corrected chi connectivity index (χ3v) is 5.54. The van der Waals surface area contributed by atoms with Crippen molar-refractivity contribution in [3.8, 4) is 0 Å². The van der Waals surface area contributed by atoms with E-state index in [4.69, 9.17) is 0 Å². The Balaban J connectivity index is 2.90. The fourth-order valence-electron chi connectivity index (χ4n) is 1.52. The van der Waals surface area contributed by atoms with Crippen LogP contribution in [-0.2, 0) is 10.2 Å². The van der Waals surface area contributed by atoms with E-state index in [0.717, 1.165) is 5.56 Å². The second-order valence-corrected chi connectivity index (χ2v) is 6.39. The molecular weight excluding hydrogens is 358 g/mol. The maximum atomic E-state index is 12.4. The predicted octanol–water partition coefficient (Wildman–Crippen LogP) is 3.63. The zero-order valence-corrected chi connectivity index (χ0v) is 14.1. The van der Waals surface area contributed by atoms with Crippen molar-refractivity contribution in [1.29, 1.82) is 0 Å². The molecule has 0 aliphatic rings. The minimum absolute atomic E-state index is 0.0371. The van der Waals surface area contributed by atoms with Gasteiger partial charge < -0.3 is 5.32 Å². The second-order valence-electron chi connectivity index (χ2n) is 5.27. The Morgan fingerprint density at radius 2 is 1.61 bits per heavy atom. The highest BCUT2D eigenvalue weighted by atomic mass is 79.9. The van der Waals surface area contributed by atoms with Crippen molar-refractivity contribution in [2.24, 2.45) is 0 Å². The van der Waals surface area contributed by atoms with Crippen molar-refractivity contribution >= 4 is 37.8 Å². The van der Waals surface area contributed by atoms with Crippen LogP contribution in [0.4, 0.5) is 0 Å². The summed E-state index contributed by atoms with van der Waals surface area (Å²) in [6, 6.07) is 9.84. The zero-order chi connectivity index (χ0) is 13.8. The van der Waals surface area contributed by atoms with Crippen LogP contribution in [0.25, 0.3) is 0 Å². The molecule has 1 aromatic rings. The minimum Gasteiger partial charge on any atom is -0.349 e. The first kappa shape index (κ1) is 15.7. The van der Waals surface area contributed by atoms with Crippen molar-refractivity contribution < 1.29 is 4.79 Å². The maximum absolute atomic E-state index is 12.4. The molecule has 0 radical (unpaired) electrons. The summed E-state index contributed by atoms with van der Waals surface area (Å²) >= 11 is 6.88. The molecule has 0 saturated carbocycles. The van der Waals surface area contributed by atoms with E-state index in [1.807, 2.05) is 51.1 Å². The van der Waals surface area contributed by atoms with Gasteiger partial charge in [0.25, 0.3) is 0 Å². The maximum Gasteiger partial charge on any atom is 0.230 e. The Labute approximate surface area is 126 Å². The lowest BCUT2D eigenvalue weighted by Crippen LogP contribution is -2.54. The van der Waals surface area contributed by atoms with Crippen LogP contribution in [0.5, 0.6) is 0 Å². The van der Waals surface area contributed by atoms with Gasteiger partial charge in [0, 0.05) is 10.7 Å². The first-order valence-electron chi connectivity index (χ1n) is 5.86. The van der Waals surface area contributed by atoms with Gasteiger partial charge >= 0.3 is 0 Å². The van der Waals surface area contributed by atoms with Crippen molar-refractivity contribution in [2.45, 2.75) is 31.7 Å². The summed E-state index contributed by atoms with van der Waals surface area (Å²) in [6.45, 7) is 5.90. The topological polar surface area (TPSA) is 29.1 Å². The summed E-state index contributed by atoms with van der Waals surface area (Å²) in [5.74, 6) is 0.0371. The highest BCUT2D eigenvalue weighted by Crippen LogP contribution is 2.24. The summed E-state index contributed by atoms with van der Waals surface area (Å²) in [6.07, 6.45) is 0. The molecule has 2 nitrogen and oxygen atoms in total. The fourth-order valence-corrected chi connectivity index (χ4v) is 2.73. The molecule has 0 saturated heterocycles. The van der Waals surface area contributed by atoms with Crippen LogP contribution >= 0.6 is 31.9 Å². The number of hydrogen-bond acceptors (Lipinski definition) is 1. The first-order chi connectivity index (χ1) is 8.35. The molecule has 0 unspecified atom stereocenters. The third-order valence-electron chi connectivity index (χ3n) is 3.07. The molecule has 0 aliphatic heterocycles. The van der Waals surface area contributed by atoms with Gasteiger partial charge in [0.05, 0.1) is 11.0 Å². The van der Waals surface area contributed by atoms with Crippen LogP contribution in [0.3, 0.4) is 0 Å². The van der Waals surface area contributed by atoms with Gasteiger partial charge in [-0.15, -0.1) is 0 Å². The van der Waals surface area contributed by atoms with Crippen molar-refractivity contribution in [1.82, 2.24) is 5.32 Å². The molecule has 1 N–H and O–H groups in total. The number of carbonyl (C=O) groups is 1. The average Bonchev–Trinajstić information content (AvgIpc) is 2.39. The zero-order valence-electron chi connectivity index (χ0n) is 11.0. The van der Waals surface area contributed by atoms with E-state index < -0.39 is 5.41 Å². The van der Waals surface area contributed by atoms with Gasteiger partial charge in [0.2, 0.25) is 5.91 Å². The van der Waals surface area contributed by atoms with Gasteiger partial charge in [0.1, 0.15) is 0 Å². The van der Waals surface area contributed by atoms with E-state index in [1.165, 1.54) is 0 Å². The Bertz CT molecular complexity index is 400. The summed E-state index contributed by atoms with van der Waals surface area (Å²) < 4.78 is 0. The summed E-state index contributed by atoms with van der Waals surface area (Å²) in [5, 5.41) is 4.52. The largest absolute Gasteiger partial charge is 0.349 e. The SMILES string of the molecule is CC(CBr)(CBr)NC(=O)C(C)(C)c1ccccc1. The van der Waals surface area contributed by atoms with Crippen LogP contribution in [0.15, 0.2) is 30.3 Å². The molecular formula is C14H19Br2NO. The molecule has 0 bridgehead atoms. The standard InChI is InChI=1S/C14H19Br2NO/c1-13(2,11-7-5-4-6-8-11)12(18)17-14(3,9-15)10-16/h4-8H,9-10H2,1-3H3,(H,17,18). The van der Waals surface area contributed by atoms with Crippen LogP contribution in [-0.4, -0.2) is 22.1 Å². The van der Waals surface area contributed by atoms with E-state index in [1.54, 1.807) is 0 Å². The molecule has 4 heteroatoms. The normalized spacial score (nSPS) is 12.3. The van der Waals surface area contributed by atoms with Crippen LogP contribution in [0.2, 0.25) is 0 Å². The van der Waals surface area contributed by atoms with Gasteiger partial charge in [-0.3, -0.25) is 4.79 Å². The lowest BCUT2D eigenvalue weighted by Gasteiger charge is -2.32. The number of benzene rings is 1. The van der Waals surface area contributed by atoms with E-state index in [9.17, 15) is 4.79 Å². The van der Waals surface area contributed by atoms with Crippen LogP contribution in [0.1, 0.15) is 26.3 Å². The lowest BCUT2D eigenvalue weighted by molar-refractivity contribution is -0.127.